The molecule has 0 bridgehead atoms. The maximum absolute atomic E-state index is 12.8. The highest BCUT2D eigenvalue weighted by molar-refractivity contribution is 6.39. The molecule has 0 radical (unpaired) electrons. The van der Waals surface area contributed by atoms with Gasteiger partial charge in [0, 0.05) is 23.8 Å². The molecule has 0 saturated heterocycles. The molecule has 7 nitrogen and oxygen atoms in total. The summed E-state index contributed by atoms with van der Waals surface area (Å²) < 4.78 is 11.6. The van der Waals surface area contributed by atoms with E-state index in [1.165, 1.54) is 26.6 Å². The number of anilines is 1. The smallest absolute Gasteiger partial charge is 0.281 e. The Morgan fingerprint density at radius 3 is 2.29 bits per heavy atom. The summed E-state index contributed by atoms with van der Waals surface area (Å²) in [5.74, 6) is 0.552. The lowest BCUT2D eigenvalue weighted by Gasteiger charge is -2.09. The van der Waals surface area contributed by atoms with Gasteiger partial charge in [0.05, 0.1) is 35.3 Å². The predicted molar refractivity (Wildman–Crippen MR) is 91.2 cm³/mol. The summed E-state index contributed by atoms with van der Waals surface area (Å²) in [4.78, 5) is 16.7. The molecule has 0 saturated carbocycles. The van der Waals surface area contributed by atoms with Gasteiger partial charge >= 0.3 is 0 Å². The lowest BCUT2D eigenvalue weighted by atomic mass is 10.2. The quantitative estimate of drug-likeness (QED) is 0.765. The van der Waals surface area contributed by atoms with Crippen molar-refractivity contribution < 1.29 is 14.3 Å². The zero-order chi connectivity index (χ0) is 17.4. The topological polar surface area (TPSA) is 92.3 Å². The molecule has 3 rings (SSSR count). The van der Waals surface area contributed by atoms with Crippen LogP contribution in [0, 0.1) is 0 Å². The van der Waals surface area contributed by atoms with Crippen LogP contribution in [-0.2, 0) is 0 Å². The Labute approximate surface area is 146 Å². The largest absolute Gasteiger partial charge is 0.493 e. The Balaban J connectivity index is 2.25. The molecule has 1 aromatic carbocycles. The second-order valence-corrected chi connectivity index (χ2v) is 5.62. The Hall–Kier alpha value is -2.51. The van der Waals surface area contributed by atoms with Gasteiger partial charge in [0.15, 0.2) is 17.3 Å². The van der Waals surface area contributed by atoms with E-state index in [0.717, 1.165) is 4.68 Å². The molecule has 2 N–H and O–H groups in total. The van der Waals surface area contributed by atoms with Crippen molar-refractivity contribution in [2.45, 2.75) is 0 Å². The zero-order valence-electron chi connectivity index (χ0n) is 12.7. The molecule has 0 atom stereocenters. The van der Waals surface area contributed by atoms with E-state index in [9.17, 15) is 4.79 Å². The number of halogens is 2. The molecular weight excluding hydrogens is 355 g/mol. The number of benzene rings is 1. The number of methoxy groups -OCH3 is 2. The summed E-state index contributed by atoms with van der Waals surface area (Å²) in [6, 6.07) is 3.26. The van der Waals surface area contributed by atoms with Crippen molar-refractivity contribution in [1.29, 1.82) is 0 Å². The molecule has 3 aromatic rings. The van der Waals surface area contributed by atoms with Crippen LogP contribution in [0.15, 0.2) is 24.5 Å². The van der Waals surface area contributed by atoms with Crippen LogP contribution in [0.2, 0.25) is 10.0 Å². The van der Waals surface area contributed by atoms with Crippen LogP contribution in [0.4, 0.5) is 5.82 Å². The molecule has 2 heterocycles. The van der Waals surface area contributed by atoms with Crippen LogP contribution < -0.4 is 15.2 Å². The summed E-state index contributed by atoms with van der Waals surface area (Å²) in [6.07, 6.45) is 2.67. The molecule has 9 heteroatoms. The predicted octanol–water partition coefficient (Wildman–Crippen LogP) is 3.03. The standard InChI is InChI=1S/C15H12Cl2N4O3/c1-23-11-3-7-10(4-12(11)24-2)21(20-14(7)18)15(22)13-8(16)5-19-6-9(13)17/h3-6H,1-2H3,(H2,18,20). The molecule has 0 aliphatic rings. The number of rotatable bonds is 3. The minimum Gasteiger partial charge on any atom is -0.493 e. The van der Waals surface area contributed by atoms with Crippen molar-refractivity contribution in [3.8, 4) is 11.5 Å². The molecule has 0 aliphatic heterocycles. The van der Waals surface area contributed by atoms with Gasteiger partial charge in [-0.3, -0.25) is 9.78 Å². The van der Waals surface area contributed by atoms with E-state index in [1.807, 2.05) is 0 Å². The van der Waals surface area contributed by atoms with Crippen molar-refractivity contribution >= 4 is 45.8 Å². The minimum atomic E-state index is -0.527. The first-order valence-electron chi connectivity index (χ1n) is 6.71. The number of carbonyl (C=O) groups is 1. The van der Waals surface area contributed by atoms with Crippen LogP contribution in [0.3, 0.4) is 0 Å². The van der Waals surface area contributed by atoms with E-state index >= 15 is 0 Å². The molecule has 0 fully saturated rings. The van der Waals surface area contributed by atoms with Crippen molar-refractivity contribution in [1.82, 2.24) is 14.8 Å². The van der Waals surface area contributed by atoms with Gasteiger partial charge < -0.3 is 15.2 Å². The molecule has 24 heavy (non-hydrogen) atoms. The minimum absolute atomic E-state index is 0.0903. The second kappa shape index (κ2) is 6.18. The van der Waals surface area contributed by atoms with E-state index in [-0.39, 0.29) is 21.4 Å². The fraction of sp³-hybridized carbons (Fsp3) is 0.133. The highest BCUT2D eigenvalue weighted by atomic mass is 35.5. The summed E-state index contributed by atoms with van der Waals surface area (Å²) in [6.45, 7) is 0. The average molecular weight is 367 g/mol. The number of pyridine rings is 1. The number of carbonyl (C=O) groups excluding carboxylic acids is 1. The Bertz CT molecular complexity index is 935. The Morgan fingerprint density at radius 1 is 1.12 bits per heavy atom. The molecular formula is C15H12Cl2N4O3. The summed E-state index contributed by atoms with van der Waals surface area (Å²) in [5.41, 5.74) is 6.46. The number of fused-ring (bicyclic) bond motifs is 1. The number of aromatic nitrogens is 3. The van der Waals surface area contributed by atoms with Crippen LogP contribution in [0.1, 0.15) is 10.4 Å². The Morgan fingerprint density at radius 2 is 1.71 bits per heavy atom. The van der Waals surface area contributed by atoms with Gasteiger partial charge in [0.1, 0.15) is 0 Å². The zero-order valence-corrected chi connectivity index (χ0v) is 14.2. The molecule has 2 aromatic heterocycles. The third-order valence-corrected chi connectivity index (χ3v) is 4.05. The van der Waals surface area contributed by atoms with Gasteiger partial charge in [-0.2, -0.15) is 4.68 Å². The molecule has 0 unspecified atom stereocenters. The lowest BCUT2D eigenvalue weighted by molar-refractivity contribution is 0.0951. The van der Waals surface area contributed by atoms with Crippen LogP contribution in [0.5, 0.6) is 11.5 Å². The van der Waals surface area contributed by atoms with E-state index in [4.69, 9.17) is 38.4 Å². The van der Waals surface area contributed by atoms with Gasteiger partial charge in [-0.15, -0.1) is 5.10 Å². The highest BCUT2D eigenvalue weighted by Crippen LogP contribution is 2.35. The third kappa shape index (κ3) is 2.51. The molecule has 0 spiro atoms. The van der Waals surface area contributed by atoms with Crippen molar-refractivity contribution in [2.75, 3.05) is 20.0 Å². The number of nitrogens with two attached hydrogens (primary N) is 1. The van der Waals surface area contributed by atoms with Gasteiger partial charge in [-0.1, -0.05) is 23.2 Å². The van der Waals surface area contributed by atoms with E-state index < -0.39 is 5.91 Å². The number of hydrogen-bond donors (Lipinski definition) is 1. The van der Waals surface area contributed by atoms with Crippen molar-refractivity contribution in [2.24, 2.45) is 0 Å². The second-order valence-electron chi connectivity index (χ2n) is 4.80. The number of nitrogens with zero attached hydrogens (tertiary/aromatic N) is 3. The van der Waals surface area contributed by atoms with Gasteiger partial charge in [0.25, 0.3) is 5.91 Å². The van der Waals surface area contributed by atoms with Crippen molar-refractivity contribution in [3.63, 3.8) is 0 Å². The fourth-order valence-electron chi connectivity index (χ4n) is 2.34. The molecule has 0 aliphatic carbocycles. The van der Waals surface area contributed by atoms with Crippen LogP contribution >= 0.6 is 23.2 Å². The lowest BCUT2D eigenvalue weighted by Crippen LogP contribution is -2.15. The number of nitrogen functional groups attached to an aromatic ring is 1. The van der Waals surface area contributed by atoms with E-state index in [1.54, 1.807) is 12.1 Å². The first-order valence-corrected chi connectivity index (χ1v) is 7.47. The van der Waals surface area contributed by atoms with Crippen molar-refractivity contribution in [3.05, 3.63) is 40.1 Å². The van der Waals surface area contributed by atoms with Gasteiger partial charge in [0.2, 0.25) is 0 Å². The average Bonchev–Trinajstić information content (AvgIpc) is 2.89. The first-order chi connectivity index (χ1) is 11.5. The fourth-order valence-corrected chi connectivity index (χ4v) is 2.87. The van der Waals surface area contributed by atoms with Gasteiger partial charge in [-0.25, -0.2) is 0 Å². The van der Waals surface area contributed by atoms with Crippen LogP contribution in [-0.4, -0.2) is 34.9 Å². The first kappa shape index (κ1) is 16.4. The number of ether oxygens (including phenoxy) is 2. The summed E-state index contributed by atoms with van der Waals surface area (Å²) in [7, 11) is 3.00. The van der Waals surface area contributed by atoms with E-state index in [2.05, 4.69) is 10.1 Å². The summed E-state index contributed by atoms with van der Waals surface area (Å²) in [5, 5.41) is 4.88. The third-order valence-electron chi connectivity index (χ3n) is 3.47. The summed E-state index contributed by atoms with van der Waals surface area (Å²) >= 11 is 12.1. The van der Waals surface area contributed by atoms with Gasteiger partial charge in [-0.05, 0) is 6.07 Å². The van der Waals surface area contributed by atoms with E-state index in [0.29, 0.717) is 22.4 Å². The Kier molecular flexibility index (Phi) is 4.21. The normalized spacial score (nSPS) is 10.8. The maximum Gasteiger partial charge on any atom is 0.281 e. The maximum atomic E-state index is 12.8. The number of hydrogen-bond acceptors (Lipinski definition) is 6. The van der Waals surface area contributed by atoms with Crippen LogP contribution in [0.25, 0.3) is 10.9 Å². The monoisotopic (exact) mass is 366 g/mol. The molecule has 0 amide bonds. The molecule has 124 valence electrons. The SMILES string of the molecule is COc1cc2c(N)nn(C(=O)c3c(Cl)cncc3Cl)c2cc1OC. The highest BCUT2D eigenvalue weighted by Gasteiger charge is 2.22.